The first-order valence-electron chi connectivity index (χ1n) is 11.6. The predicted molar refractivity (Wildman–Crippen MR) is 126 cm³/mol. The second-order valence-corrected chi connectivity index (χ2v) is 8.16. The summed E-state index contributed by atoms with van der Waals surface area (Å²) in [6, 6.07) is 4.74. The second-order valence-electron chi connectivity index (χ2n) is 8.16. The average Bonchev–Trinajstić information content (AvgIpc) is 2.70. The minimum absolute atomic E-state index is 0.749. The van der Waals surface area contributed by atoms with E-state index in [1.807, 2.05) is 13.8 Å². The van der Waals surface area contributed by atoms with Crippen LogP contribution in [0.15, 0.2) is 12.1 Å². The van der Waals surface area contributed by atoms with Crippen molar-refractivity contribution in [2.75, 3.05) is 0 Å². The maximum absolute atomic E-state index is 3.41. The summed E-state index contributed by atoms with van der Waals surface area (Å²) in [7, 11) is 0. The van der Waals surface area contributed by atoms with Gasteiger partial charge in [-0.3, -0.25) is 0 Å². The van der Waals surface area contributed by atoms with E-state index in [-0.39, 0.29) is 0 Å². The van der Waals surface area contributed by atoms with Crippen molar-refractivity contribution in [3.8, 4) is 23.7 Å². The third-order valence-corrected chi connectivity index (χ3v) is 5.95. The number of hydrogen-bond acceptors (Lipinski definition) is 0. The van der Waals surface area contributed by atoms with Gasteiger partial charge in [-0.05, 0) is 61.8 Å². The van der Waals surface area contributed by atoms with Crippen molar-refractivity contribution in [2.24, 2.45) is 11.8 Å². The van der Waals surface area contributed by atoms with Crippen LogP contribution in [0.2, 0.25) is 0 Å². The summed E-state index contributed by atoms with van der Waals surface area (Å²) >= 11 is 0. The molecule has 0 heterocycles. The van der Waals surface area contributed by atoms with Crippen LogP contribution in [-0.4, -0.2) is 0 Å². The zero-order chi connectivity index (χ0) is 20.8. The molecule has 0 bridgehead atoms. The molecule has 2 atom stereocenters. The summed E-state index contributed by atoms with van der Waals surface area (Å²) in [5.74, 6) is 14.6. The van der Waals surface area contributed by atoms with Crippen LogP contribution in [0.25, 0.3) is 0 Å². The van der Waals surface area contributed by atoms with Crippen LogP contribution < -0.4 is 0 Å². The maximum Gasteiger partial charge on any atom is 0.0280 e. The Morgan fingerprint density at radius 2 is 1.07 bits per heavy atom. The highest BCUT2D eigenvalue weighted by Gasteiger charge is 2.15. The van der Waals surface area contributed by atoms with Gasteiger partial charge in [0.05, 0.1) is 0 Å². The largest absolute Gasteiger partial charge is 0.101 e. The van der Waals surface area contributed by atoms with Crippen molar-refractivity contribution in [3.63, 3.8) is 0 Å². The van der Waals surface area contributed by atoms with Gasteiger partial charge in [-0.15, -0.1) is 11.8 Å². The number of rotatable bonds is 12. The molecule has 0 spiro atoms. The Morgan fingerprint density at radius 3 is 1.36 bits per heavy atom. The van der Waals surface area contributed by atoms with Crippen molar-refractivity contribution in [2.45, 2.75) is 106 Å². The summed E-state index contributed by atoms with van der Waals surface area (Å²) in [5, 5.41) is 0. The standard InChI is InChI=1S/C28H42/c1-7-13-17-23(11-5)19-27-21-26(16-10-4)28(22-25(27)15-9-3)20-24(12-6)18-14-8-2/h21-24H,7-8,11-14,17-20H2,1-6H3/t23-,24+. The Kier molecular flexibility index (Phi) is 12.5. The van der Waals surface area contributed by atoms with E-state index < -0.39 is 0 Å². The number of unbranched alkanes of at least 4 members (excludes halogenated alkanes) is 2. The van der Waals surface area contributed by atoms with Crippen LogP contribution in [0, 0.1) is 35.5 Å². The molecule has 154 valence electrons. The minimum Gasteiger partial charge on any atom is -0.101 e. The third-order valence-electron chi connectivity index (χ3n) is 5.95. The Labute approximate surface area is 175 Å². The third kappa shape index (κ3) is 8.15. The van der Waals surface area contributed by atoms with Crippen LogP contribution in [0.4, 0.5) is 0 Å². The summed E-state index contributed by atoms with van der Waals surface area (Å²) < 4.78 is 0. The molecule has 0 heteroatoms. The lowest BCUT2D eigenvalue weighted by Crippen LogP contribution is -2.09. The van der Waals surface area contributed by atoms with Crippen LogP contribution in [0.3, 0.4) is 0 Å². The molecule has 28 heavy (non-hydrogen) atoms. The molecule has 0 saturated heterocycles. The normalized spacial score (nSPS) is 12.5. The summed E-state index contributed by atoms with van der Waals surface area (Å²) in [5.41, 5.74) is 5.28. The molecule has 0 aromatic heterocycles. The molecule has 0 radical (unpaired) electrons. The van der Waals surface area contributed by atoms with Crippen LogP contribution in [0.1, 0.15) is 115 Å². The molecule has 0 aliphatic carbocycles. The minimum atomic E-state index is 0.749. The lowest BCUT2D eigenvalue weighted by atomic mass is 9.85. The van der Waals surface area contributed by atoms with Gasteiger partial charge in [0, 0.05) is 11.1 Å². The Morgan fingerprint density at radius 1 is 0.679 bits per heavy atom. The summed E-state index contributed by atoms with van der Waals surface area (Å²) in [6.07, 6.45) is 12.6. The molecular formula is C28H42. The van der Waals surface area contributed by atoms with Crippen molar-refractivity contribution in [1.29, 1.82) is 0 Å². The van der Waals surface area contributed by atoms with Gasteiger partial charge >= 0.3 is 0 Å². The lowest BCUT2D eigenvalue weighted by molar-refractivity contribution is 0.446. The van der Waals surface area contributed by atoms with Crippen molar-refractivity contribution < 1.29 is 0 Å². The molecule has 0 unspecified atom stereocenters. The zero-order valence-electron chi connectivity index (χ0n) is 19.4. The van der Waals surface area contributed by atoms with E-state index in [0.717, 1.165) is 24.7 Å². The topological polar surface area (TPSA) is 0 Å². The second kappa shape index (κ2) is 14.4. The van der Waals surface area contributed by atoms with Crippen molar-refractivity contribution in [1.82, 2.24) is 0 Å². The van der Waals surface area contributed by atoms with Crippen molar-refractivity contribution >= 4 is 0 Å². The monoisotopic (exact) mass is 378 g/mol. The molecule has 0 aliphatic rings. The fourth-order valence-corrected chi connectivity index (χ4v) is 4.04. The van der Waals surface area contributed by atoms with Crippen LogP contribution >= 0.6 is 0 Å². The van der Waals surface area contributed by atoms with Crippen molar-refractivity contribution in [3.05, 3.63) is 34.4 Å². The first kappa shape index (κ1) is 24.4. The highest BCUT2D eigenvalue weighted by atomic mass is 14.2. The van der Waals surface area contributed by atoms with Gasteiger partial charge in [0.15, 0.2) is 0 Å². The molecule has 0 amide bonds. The lowest BCUT2D eigenvalue weighted by Gasteiger charge is -2.20. The molecule has 1 rings (SSSR count). The molecule has 0 fully saturated rings. The van der Waals surface area contributed by atoms with Crippen LogP contribution in [0.5, 0.6) is 0 Å². The van der Waals surface area contributed by atoms with E-state index in [1.165, 1.54) is 73.6 Å². The number of benzene rings is 1. The SMILES string of the molecule is CC#Cc1cc(C[C@@H](CC)CCCC)c(C#CC)cc1C[C@H](CC)CCCC. The Hall–Kier alpha value is -1.66. The molecule has 0 saturated carbocycles. The van der Waals surface area contributed by atoms with E-state index in [1.54, 1.807) is 0 Å². The van der Waals surface area contributed by atoms with E-state index >= 15 is 0 Å². The quantitative estimate of drug-likeness (QED) is 0.324. The first-order valence-corrected chi connectivity index (χ1v) is 11.6. The smallest absolute Gasteiger partial charge is 0.0280 e. The van der Waals surface area contributed by atoms with Gasteiger partial charge in [-0.1, -0.05) is 90.9 Å². The van der Waals surface area contributed by atoms with Gasteiger partial charge in [0.1, 0.15) is 0 Å². The fraction of sp³-hybridized carbons (Fsp3) is 0.643. The van der Waals surface area contributed by atoms with Gasteiger partial charge < -0.3 is 0 Å². The van der Waals surface area contributed by atoms with Gasteiger partial charge in [0.2, 0.25) is 0 Å². The maximum atomic E-state index is 3.41. The van der Waals surface area contributed by atoms with Gasteiger partial charge in [-0.25, -0.2) is 0 Å². The average molecular weight is 379 g/mol. The van der Waals surface area contributed by atoms with Crippen LogP contribution in [-0.2, 0) is 12.8 Å². The summed E-state index contributed by atoms with van der Waals surface area (Å²) in [4.78, 5) is 0. The Bertz CT molecular complexity index is 625. The molecule has 0 nitrogen and oxygen atoms in total. The van der Waals surface area contributed by atoms with E-state index in [4.69, 9.17) is 0 Å². The fourth-order valence-electron chi connectivity index (χ4n) is 4.04. The Balaban J connectivity index is 3.24. The highest BCUT2D eigenvalue weighted by molar-refractivity contribution is 5.52. The summed E-state index contributed by atoms with van der Waals surface area (Å²) in [6.45, 7) is 13.1. The molecule has 0 N–H and O–H groups in total. The highest BCUT2D eigenvalue weighted by Crippen LogP contribution is 2.27. The van der Waals surface area contributed by atoms with E-state index in [2.05, 4.69) is 63.5 Å². The van der Waals surface area contributed by atoms with Gasteiger partial charge in [0.25, 0.3) is 0 Å². The predicted octanol–water partition coefficient (Wildman–Crippen LogP) is 7.95. The molecular weight excluding hydrogens is 336 g/mol. The molecule has 1 aromatic carbocycles. The van der Waals surface area contributed by atoms with E-state index in [0.29, 0.717) is 0 Å². The number of hydrogen-bond donors (Lipinski definition) is 0. The first-order chi connectivity index (χ1) is 13.6. The molecule has 1 aromatic rings. The zero-order valence-corrected chi connectivity index (χ0v) is 19.4. The van der Waals surface area contributed by atoms with Gasteiger partial charge in [-0.2, -0.15) is 0 Å². The molecule has 0 aliphatic heterocycles. The van der Waals surface area contributed by atoms with E-state index in [9.17, 15) is 0 Å².